The van der Waals surface area contributed by atoms with Gasteiger partial charge < -0.3 is 100 Å². The number of aliphatic hydroxyl groups is 2. The zero-order chi connectivity index (χ0) is 77.1. The summed E-state index contributed by atoms with van der Waals surface area (Å²) in [7, 11) is 0. The predicted octanol–water partition coefficient (Wildman–Crippen LogP) is -0.512. The number of aliphatic carboxylic acids is 2. The number of rotatable bonds is 30. The average Bonchev–Trinajstić information content (AvgIpc) is 1.60. The Hall–Kier alpha value is -9.66. The molecule has 8 aliphatic rings. The zero-order valence-electron chi connectivity index (χ0n) is 61.5. The molecule has 33 nitrogen and oxygen atoms in total. The Kier molecular flexibility index (Phi) is 28.8. The minimum absolute atomic E-state index is 0.0226. The van der Waals surface area contributed by atoms with Gasteiger partial charge in [0, 0.05) is 63.2 Å². The van der Waals surface area contributed by atoms with E-state index in [0.29, 0.717) is 48.3 Å². The largest absolute Gasteiger partial charge is 0.480 e. The number of amides is 9. The molecule has 2 saturated heterocycles. The van der Waals surface area contributed by atoms with Gasteiger partial charge in [0.1, 0.15) is 60.9 Å². The molecule has 108 heavy (non-hydrogen) atoms. The van der Waals surface area contributed by atoms with Crippen molar-refractivity contribution < 1.29 is 73.2 Å². The van der Waals surface area contributed by atoms with E-state index in [0.717, 1.165) is 95.5 Å². The van der Waals surface area contributed by atoms with E-state index >= 15 is 24.0 Å². The number of carbonyl (C=O) groups excluding carboxylic acids is 9. The van der Waals surface area contributed by atoms with Crippen molar-refractivity contribution in [1.29, 1.82) is 0 Å². The lowest BCUT2D eigenvalue weighted by molar-refractivity contribution is -0.154. The molecule has 6 fully saturated rings. The third-order valence-electron chi connectivity index (χ3n) is 23.0. The topological polar surface area (TPSA) is 507 Å². The van der Waals surface area contributed by atoms with Gasteiger partial charge in [-0.2, -0.15) is 0 Å². The maximum Gasteiger partial charge on any atom is 0.326 e. The molecule has 10 rings (SSSR count). The van der Waals surface area contributed by atoms with E-state index in [1.807, 2.05) is 12.1 Å². The number of carbonyl (C=O) groups is 11. The summed E-state index contributed by atoms with van der Waals surface area (Å²) in [6, 6.07) is 0.386. The summed E-state index contributed by atoms with van der Waals surface area (Å²) in [5.74, 6) is -10.3. The summed E-state index contributed by atoms with van der Waals surface area (Å²) >= 11 is 0. The maximum absolute atomic E-state index is 15.7. The van der Waals surface area contributed by atoms with E-state index in [4.69, 9.17) is 22.9 Å². The Labute approximate surface area is 628 Å². The maximum atomic E-state index is 15.7. The third kappa shape index (κ3) is 20.8. The van der Waals surface area contributed by atoms with Crippen molar-refractivity contribution in [2.24, 2.45) is 49.7 Å². The van der Waals surface area contributed by atoms with Gasteiger partial charge in [0.2, 0.25) is 53.2 Å². The van der Waals surface area contributed by atoms with E-state index in [-0.39, 0.29) is 113 Å². The normalized spacial score (nSPS) is 24.0. The Bertz CT molecular complexity index is 3630. The summed E-state index contributed by atoms with van der Waals surface area (Å²) < 4.78 is 0. The summed E-state index contributed by atoms with van der Waals surface area (Å²) in [5, 5.41) is 63.0. The van der Waals surface area contributed by atoms with Crippen LogP contribution in [0, 0.1) is 11.8 Å². The number of guanidine groups is 3. The number of benzene rings is 2. The highest BCUT2D eigenvalue weighted by Gasteiger charge is 2.54. The van der Waals surface area contributed by atoms with Crippen molar-refractivity contribution in [3.63, 3.8) is 0 Å². The number of aliphatic hydroxyl groups excluding tert-OH is 2. The number of nitrogens with two attached hydrogens (primary N) is 4. The molecule has 590 valence electrons. The molecule has 33 heteroatoms. The fourth-order valence-electron chi connectivity index (χ4n) is 17.5. The molecule has 4 heterocycles. The lowest BCUT2D eigenvalue weighted by Crippen LogP contribution is -2.63. The van der Waals surface area contributed by atoms with Crippen molar-refractivity contribution in [1.82, 2.24) is 56.8 Å². The number of likely N-dealkylation sites (tertiary alicyclic amines) is 2. The van der Waals surface area contributed by atoms with E-state index in [2.05, 4.69) is 52.2 Å². The first-order chi connectivity index (χ1) is 52.0. The van der Waals surface area contributed by atoms with E-state index in [1.54, 1.807) is 36.4 Å². The molecule has 0 bridgehead atoms. The SMILES string of the molecule is NC(N)=NCCC[C@H](NC(=O)[C@@H]1CC2CCCCC2N1C(=O)[C@H]1Cc2ccccc2CN1C(=O)[C@H](CO)NC(=O)C[C@@H](NC(=O)CN=C(NC1CCCCC1)NC1CCCCC1)C(=O)N[C@@H](CO)C(=O)N1Cc2ccccc2C[C@@H]1C(=O)N1C2CCCCC2C[C@H]1C(=O)N[C@@H](CCCN=C(N)N)C(=O)O)C(=O)O. The van der Waals surface area contributed by atoms with Crippen LogP contribution in [0.3, 0.4) is 0 Å². The Morgan fingerprint density at radius 3 is 1.27 bits per heavy atom. The van der Waals surface area contributed by atoms with Crippen LogP contribution in [0.1, 0.15) is 183 Å². The van der Waals surface area contributed by atoms with Gasteiger partial charge in [-0.05, 0) is 124 Å². The minimum atomic E-state index is -1.88. The van der Waals surface area contributed by atoms with Crippen LogP contribution in [0.2, 0.25) is 0 Å². The molecular formula is C75H110N18O15. The van der Waals surface area contributed by atoms with Gasteiger partial charge in [-0.1, -0.05) is 113 Å². The number of carboxylic acid groups (broad SMARTS) is 2. The first-order valence-corrected chi connectivity index (χ1v) is 38.7. The second-order valence-electron chi connectivity index (χ2n) is 30.3. The third-order valence-corrected chi connectivity index (χ3v) is 23.0. The Morgan fingerprint density at radius 1 is 0.454 bits per heavy atom. The fraction of sp³-hybridized carbons (Fsp3) is 0.653. The number of aliphatic imine (C=N–C) groups is 3. The molecule has 9 amide bonds. The summed E-state index contributed by atoms with van der Waals surface area (Å²) in [6.07, 6.45) is 15.1. The van der Waals surface area contributed by atoms with Crippen molar-refractivity contribution in [2.75, 3.05) is 32.8 Å². The van der Waals surface area contributed by atoms with E-state index < -0.39 is 158 Å². The van der Waals surface area contributed by atoms with Crippen LogP contribution in [0.5, 0.6) is 0 Å². The van der Waals surface area contributed by atoms with Crippen LogP contribution in [0.4, 0.5) is 0 Å². The number of nitrogens with zero attached hydrogens (tertiary/aromatic N) is 7. The Morgan fingerprint density at radius 2 is 0.852 bits per heavy atom. The number of hydrogen-bond acceptors (Lipinski definition) is 16. The smallest absolute Gasteiger partial charge is 0.326 e. The van der Waals surface area contributed by atoms with Gasteiger partial charge >= 0.3 is 11.9 Å². The van der Waals surface area contributed by atoms with Crippen LogP contribution in [-0.4, -0.2) is 234 Å². The van der Waals surface area contributed by atoms with E-state index in [1.165, 1.54) is 19.6 Å². The van der Waals surface area contributed by atoms with Crippen molar-refractivity contribution >= 4 is 83.0 Å². The first-order valence-electron chi connectivity index (χ1n) is 38.7. The van der Waals surface area contributed by atoms with Gasteiger partial charge in [-0.15, -0.1) is 0 Å². The molecule has 2 aromatic rings. The van der Waals surface area contributed by atoms with E-state index in [9.17, 15) is 49.2 Å². The molecule has 4 aliphatic carbocycles. The molecule has 2 aromatic carbocycles. The first kappa shape index (κ1) is 80.9. The van der Waals surface area contributed by atoms with Crippen LogP contribution in [0.15, 0.2) is 63.5 Å². The molecule has 4 saturated carbocycles. The molecule has 4 unspecified atom stereocenters. The van der Waals surface area contributed by atoms with Crippen LogP contribution in [0.25, 0.3) is 0 Å². The second-order valence-corrected chi connectivity index (χ2v) is 30.3. The Balaban J connectivity index is 0.910. The van der Waals surface area contributed by atoms with Gasteiger partial charge in [-0.3, -0.25) is 53.1 Å². The van der Waals surface area contributed by atoms with Crippen LogP contribution in [-0.2, 0) is 78.7 Å². The van der Waals surface area contributed by atoms with Gasteiger partial charge in [0.05, 0.1) is 19.6 Å². The monoisotopic (exact) mass is 1500 g/mol. The molecule has 13 atom stereocenters. The predicted molar refractivity (Wildman–Crippen MR) is 397 cm³/mol. The zero-order valence-corrected chi connectivity index (χ0v) is 61.5. The summed E-state index contributed by atoms with van der Waals surface area (Å²) in [4.78, 5) is 178. The lowest BCUT2D eigenvalue weighted by Gasteiger charge is -2.42. The highest BCUT2D eigenvalue weighted by atomic mass is 16.4. The molecular weight excluding hydrogens is 1390 g/mol. The molecule has 4 aliphatic heterocycles. The molecule has 19 N–H and O–H groups in total. The molecule has 0 radical (unpaired) electrons. The number of carboxylic acids is 2. The van der Waals surface area contributed by atoms with Crippen molar-refractivity contribution in [3.05, 3.63) is 70.8 Å². The van der Waals surface area contributed by atoms with Crippen molar-refractivity contribution in [3.8, 4) is 0 Å². The van der Waals surface area contributed by atoms with Crippen LogP contribution < -0.4 is 60.2 Å². The van der Waals surface area contributed by atoms with Gasteiger partial charge in [0.15, 0.2) is 17.9 Å². The lowest BCUT2D eigenvalue weighted by atomic mass is 9.84. The fourth-order valence-corrected chi connectivity index (χ4v) is 17.5. The van der Waals surface area contributed by atoms with Gasteiger partial charge in [-0.25, -0.2) is 14.6 Å². The standard InChI is InChI=1S/C75H110N18O15/c76-73(77)80-31-15-27-51(71(105)106)87-65(99)58-35-45-19-11-13-29-56(45)92(58)69(103)60-33-43-17-7-9-21-47(43)39-90(60)67(101)54(41-94)86-62(96)37-53(85-63(97)38-82-75(83-49-23-3-1-4-24-49)84-50-25-5-2-6-26-50)64(98)89-55(42-95)68(102)91-40-48-22-10-8-18-44(48)34-61(91)70(104)93-57-30-14-12-20-46(57)36-59(93)66(100)88-52(72(107)108)28-16-32-81-74(78)79/h7-10,17-18,21-22,45-46,49-61,94-95H,1-6,11-16,19-20,23-42H2,(H,85,97)(H,86,96)(H,87,99)(H,88,100)(H,89,98)(H,105,106)(H,107,108)(H4,76,77,80)(H4,78,79,81)(H2,82,83,84)/t45?,46?,51-,52-,53+,54-,55-,56?,57?,58-,59-,60+,61+/m0/s1. The summed E-state index contributed by atoms with van der Waals surface area (Å²) in [5.41, 5.74) is 24.7. The number of nitrogens with one attached hydrogen (secondary N) is 7. The highest BCUT2D eigenvalue weighted by Crippen LogP contribution is 2.43. The quantitative estimate of drug-likeness (QED) is 0.0266. The average molecular weight is 1500 g/mol. The minimum Gasteiger partial charge on any atom is -0.480 e. The molecule has 0 spiro atoms. The van der Waals surface area contributed by atoms with Crippen molar-refractivity contribution in [2.45, 2.75) is 265 Å². The summed E-state index contributed by atoms with van der Waals surface area (Å²) in [6.45, 7) is -2.80. The number of hydrogen-bond donors (Lipinski definition) is 15. The number of fused-ring (bicyclic) bond motifs is 4. The second kappa shape index (κ2) is 38.4. The molecule has 0 aromatic heterocycles. The van der Waals surface area contributed by atoms with Crippen LogP contribution >= 0.6 is 0 Å². The van der Waals surface area contributed by atoms with Gasteiger partial charge in [0.25, 0.3) is 0 Å². The highest BCUT2D eigenvalue weighted by molar-refractivity contribution is 6.00.